The fraction of sp³-hybridized carbons (Fsp3) is 0.273. The average Bonchev–Trinajstić information content (AvgIpc) is 3.29. The second kappa shape index (κ2) is 7.50. The zero-order valence-corrected chi connectivity index (χ0v) is 16.3. The van der Waals surface area contributed by atoms with Gasteiger partial charge >= 0.3 is 5.97 Å². The van der Waals surface area contributed by atoms with Crippen molar-refractivity contribution in [1.82, 2.24) is 0 Å². The molecule has 4 rings (SSSR count). The van der Waals surface area contributed by atoms with Crippen molar-refractivity contribution in [2.24, 2.45) is 0 Å². The molecule has 2 aromatic rings. The number of benzene rings is 2. The maximum Gasteiger partial charge on any atom is 0.347 e. The molecule has 0 saturated heterocycles. The lowest BCUT2D eigenvalue weighted by molar-refractivity contribution is -0.150. The predicted molar refractivity (Wildman–Crippen MR) is 103 cm³/mol. The van der Waals surface area contributed by atoms with E-state index in [-0.39, 0.29) is 24.9 Å². The number of fused-ring (bicyclic) bond motifs is 2. The molecule has 2 heterocycles. The number of esters is 1. The maximum absolute atomic E-state index is 12.7. The van der Waals surface area contributed by atoms with Crippen molar-refractivity contribution in [2.75, 3.05) is 13.4 Å². The first kappa shape index (κ1) is 18.9. The highest BCUT2D eigenvalue weighted by Crippen LogP contribution is 2.40. The molecule has 0 spiro atoms. The van der Waals surface area contributed by atoms with Crippen molar-refractivity contribution >= 4 is 17.8 Å². The van der Waals surface area contributed by atoms with E-state index in [1.165, 1.54) is 0 Å². The molecule has 7 heteroatoms. The van der Waals surface area contributed by atoms with Gasteiger partial charge in [-0.25, -0.2) is 4.79 Å². The van der Waals surface area contributed by atoms with Gasteiger partial charge in [-0.15, -0.1) is 0 Å². The molecule has 2 aliphatic heterocycles. The van der Waals surface area contributed by atoms with Gasteiger partial charge in [0.2, 0.25) is 12.6 Å². The summed E-state index contributed by atoms with van der Waals surface area (Å²) in [6.45, 7) is 5.59. The summed E-state index contributed by atoms with van der Waals surface area (Å²) in [5.41, 5.74) is 1.85. The van der Waals surface area contributed by atoms with E-state index < -0.39 is 12.1 Å². The smallest absolute Gasteiger partial charge is 0.347 e. The van der Waals surface area contributed by atoms with Crippen molar-refractivity contribution in [3.8, 4) is 23.0 Å². The fourth-order valence-corrected chi connectivity index (χ4v) is 3.15. The van der Waals surface area contributed by atoms with E-state index in [0.717, 1.165) is 5.56 Å². The zero-order chi connectivity index (χ0) is 20.5. The lowest BCUT2D eigenvalue weighted by atomic mass is 10.1. The second-order valence-corrected chi connectivity index (χ2v) is 6.63. The highest BCUT2D eigenvalue weighted by molar-refractivity contribution is 6.15. The van der Waals surface area contributed by atoms with Gasteiger partial charge in [-0.05, 0) is 56.7 Å². The molecular weight excluding hydrogens is 376 g/mol. The van der Waals surface area contributed by atoms with E-state index in [1.54, 1.807) is 51.1 Å². The topological polar surface area (TPSA) is 80.3 Å². The molecule has 7 nitrogen and oxygen atoms in total. The molecule has 2 aromatic carbocycles. The molecule has 150 valence electrons. The maximum atomic E-state index is 12.7. The Bertz CT molecular complexity index is 1020. The van der Waals surface area contributed by atoms with Gasteiger partial charge in [-0.3, -0.25) is 4.79 Å². The van der Waals surface area contributed by atoms with Crippen LogP contribution in [0, 0.1) is 6.92 Å². The lowest BCUT2D eigenvalue weighted by Crippen LogP contribution is -2.26. The van der Waals surface area contributed by atoms with Crippen molar-refractivity contribution < 1.29 is 33.3 Å². The van der Waals surface area contributed by atoms with E-state index in [1.807, 2.05) is 6.07 Å². The normalized spacial score (nSPS) is 16.4. The Morgan fingerprint density at radius 2 is 2.00 bits per heavy atom. The molecule has 0 radical (unpaired) electrons. The number of hydrogen-bond donors (Lipinski definition) is 0. The molecule has 0 aromatic heterocycles. The Balaban J connectivity index is 1.58. The van der Waals surface area contributed by atoms with E-state index in [9.17, 15) is 9.59 Å². The standard InChI is InChI=1S/C22H20O7/c1-4-25-22(24)13(3)28-16-8-6-15-20(23)19(29-21(15)12(16)2)10-14-5-7-17-18(9-14)27-11-26-17/h5-10,13H,4,11H2,1-3H3/b19-10-. The third-order valence-electron chi connectivity index (χ3n) is 4.65. The van der Waals surface area contributed by atoms with Crippen LogP contribution in [0.3, 0.4) is 0 Å². The fourth-order valence-electron chi connectivity index (χ4n) is 3.15. The summed E-state index contributed by atoms with van der Waals surface area (Å²) in [6, 6.07) is 8.70. The Kier molecular flexibility index (Phi) is 4.88. The molecule has 2 aliphatic rings. The molecule has 1 atom stereocenters. The van der Waals surface area contributed by atoms with Gasteiger partial charge in [-0.1, -0.05) is 6.07 Å². The molecule has 1 unspecified atom stereocenters. The Hall–Kier alpha value is -3.48. The molecular formula is C22H20O7. The van der Waals surface area contributed by atoms with Gasteiger partial charge in [0.1, 0.15) is 11.5 Å². The van der Waals surface area contributed by atoms with E-state index in [2.05, 4.69) is 0 Å². The van der Waals surface area contributed by atoms with Crippen LogP contribution in [-0.4, -0.2) is 31.3 Å². The summed E-state index contributed by atoms with van der Waals surface area (Å²) in [5.74, 6) is 1.72. The number of Topliss-reactive ketones (excluding diaryl/α,β-unsaturated/α-hetero) is 1. The van der Waals surface area contributed by atoms with Crippen LogP contribution < -0.4 is 18.9 Å². The molecule has 0 amide bonds. The van der Waals surface area contributed by atoms with Crippen LogP contribution in [0.25, 0.3) is 6.08 Å². The SMILES string of the molecule is CCOC(=O)C(C)Oc1ccc2c(c1C)O/C(=C\c1ccc3c(c1)OCO3)C2=O. The van der Waals surface area contributed by atoms with E-state index in [0.29, 0.717) is 34.1 Å². The first-order valence-electron chi connectivity index (χ1n) is 9.28. The van der Waals surface area contributed by atoms with Crippen LogP contribution in [0.2, 0.25) is 0 Å². The third kappa shape index (κ3) is 3.51. The highest BCUT2D eigenvalue weighted by atomic mass is 16.7. The van der Waals surface area contributed by atoms with Crippen molar-refractivity contribution in [3.63, 3.8) is 0 Å². The predicted octanol–water partition coefficient (Wildman–Crippen LogP) is 3.67. The van der Waals surface area contributed by atoms with E-state index in [4.69, 9.17) is 23.7 Å². The van der Waals surface area contributed by atoms with Crippen LogP contribution in [-0.2, 0) is 9.53 Å². The van der Waals surface area contributed by atoms with Crippen LogP contribution >= 0.6 is 0 Å². The average molecular weight is 396 g/mol. The second-order valence-electron chi connectivity index (χ2n) is 6.63. The summed E-state index contributed by atoms with van der Waals surface area (Å²) in [5, 5.41) is 0. The van der Waals surface area contributed by atoms with Crippen LogP contribution in [0.1, 0.15) is 35.3 Å². The molecule has 0 bridgehead atoms. The van der Waals surface area contributed by atoms with Crippen molar-refractivity contribution in [2.45, 2.75) is 26.9 Å². The zero-order valence-electron chi connectivity index (χ0n) is 16.3. The number of carbonyl (C=O) groups excluding carboxylic acids is 2. The monoisotopic (exact) mass is 396 g/mol. The third-order valence-corrected chi connectivity index (χ3v) is 4.65. The largest absolute Gasteiger partial charge is 0.479 e. The molecule has 0 saturated carbocycles. The Morgan fingerprint density at radius 3 is 2.79 bits per heavy atom. The van der Waals surface area contributed by atoms with Crippen LogP contribution in [0.4, 0.5) is 0 Å². The minimum Gasteiger partial charge on any atom is -0.479 e. The first-order valence-corrected chi connectivity index (χ1v) is 9.28. The Labute approximate surface area is 167 Å². The number of ether oxygens (including phenoxy) is 5. The van der Waals surface area contributed by atoms with Gasteiger partial charge in [0.25, 0.3) is 0 Å². The number of hydrogen-bond acceptors (Lipinski definition) is 7. The first-order chi connectivity index (χ1) is 14.0. The van der Waals surface area contributed by atoms with Gasteiger partial charge in [0.05, 0.1) is 12.2 Å². The molecule has 0 fully saturated rings. The summed E-state index contributed by atoms with van der Waals surface area (Å²) in [4.78, 5) is 24.6. The minimum atomic E-state index is -0.771. The van der Waals surface area contributed by atoms with Gasteiger partial charge < -0.3 is 23.7 Å². The Morgan fingerprint density at radius 1 is 1.21 bits per heavy atom. The molecule has 0 aliphatic carbocycles. The number of allylic oxidation sites excluding steroid dienone is 1. The van der Waals surface area contributed by atoms with Gasteiger partial charge in [0, 0.05) is 5.56 Å². The minimum absolute atomic E-state index is 0.183. The molecule has 29 heavy (non-hydrogen) atoms. The van der Waals surface area contributed by atoms with Gasteiger partial charge in [-0.2, -0.15) is 0 Å². The summed E-state index contributed by atoms with van der Waals surface area (Å²) in [7, 11) is 0. The van der Waals surface area contributed by atoms with Gasteiger partial charge in [0.15, 0.2) is 23.4 Å². The lowest BCUT2D eigenvalue weighted by Gasteiger charge is -2.16. The number of carbonyl (C=O) groups is 2. The summed E-state index contributed by atoms with van der Waals surface area (Å²) in [6.07, 6.45) is 0.887. The van der Waals surface area contributed by atoms with Crippen molar-refractivity contribution in [3.05, 3.63) is 52.8 Å². The van der Waals surface area contributed by atoms with Crippen LogP contribution in [0.5, 0.6) is 23.0 Å². The summed E-state index contributed by atoms with van der Waals surface area (Å²) < 4.78 is 27.2. The van der Waals surface area contributed by atoms with Crippen LogP contribution in [0.15, 0.2) is 36.1 Å². The number of ketones is 1. The highest BCUT2D eigenvalue weighted by Gasteiger charge is 2.31. The number of rotatable bonds is 5. The quantitative estimate of drug-likeness (QED) is 0.563. The van der Waals surface area contributed by atoms with E-state index >= 15 is 0 Å². The molecule has 0 N–H and O–H groups in total. The summed E-state index contributed by atoms with van der Waals surface area (Å²) >= 11 is 0. The van der Waals surface area contributed by atoms with Crippen molar-refractivity contribution in [1.29, 1.82) is 0 Å².